The summed E-state index contributed by atoms with van der Waals surface area (Å²) in [6, 6.07) is 22.9. The topological polar surface area (TPSA) is 169 Å². The van der Waals surface area contributed by atoms with Crippen molar-refractivity contribution in [3.8, 4) is 11.3 Å². The number of carbonyl (C=O) groups excluding carboxylic acids is 1. The quantitative estimate of drug-likeness (QED) is 0.234. The van der Waals surface area contributed by atoms with Gasteiger partial charge in [-0.15, -0.1) is 0 Å². The highest BCUT2D eigenvalue weighted by atomic mass is 16.5. The lowest BCUT2D eigenvalue weighted by Gasteiger charge is -2.26. The van der Waals surface area contributed by atoms with E-state index in [-0.39, 0.29) is 0 Å². The molecule has 11 nitrogen and oxygen atoms in total. The van der Waals surface area contributed by atoms with Crippen LogP contribution < -0.4 is 14.9 Å². The molecule has 0 aliphatic carbocycles. The highest BCUT2D eigenvalue weighted by Gasteiger charge is 2.38. The molecule has 1 aromatic heterocycles. The summed E-state index contributed by atoms with van der Waals surface area (Å²) in [5.41, 5.74) is 0.476. The van der Waals surface area contributed by atoms with Crippen LogP contribution in [0.1, 0.15) is 38.2 Å². The minimum Gasteiger partial charge on any atom is -0.550 e. The predicted molar refractivity (Wildman–Crippen MR) is 148 cm³/mol. The van der Waals surface area contributed by atoms with Gasteiger partial charge in [0.25, 0.3) is 0 Å². The molecule has 1 saturated heterocycles. The van der Waals surface area contributed by atoms with Crippen molar-refractivity contribution in [1.82, 2.24) is 5.16 Å². The van der Waals surface area contributed by atoms with Crippen molar-refractivity contribution in [3.63, 3.8) is 0 Å². The third-order valence-corrected chi connectivity index (χ3v) is 6.85. The molecule has 0 amide bonds. The summed E-state index contributed by atoms with van der Waals surface area (Å²) in [5, 5.41) is 39.8. The fourth-order valence-electron chi connectivity index (χ4n) is 4.91. The van der Waals surface area contributed by atoms with Crippen LogP contribution in [-0.4, -0.2) is 70.2 Å². The van der Waals surface area contributed by atoms with Crippen molar-refractivity contribution in [2.75, 3.05) is 31.1 Å². The second kappa shape index (κ2) is 15.0. The minimum atomic E-state index is -2.80. The van der Waals surface area contributed by atoms with Gasteiger partial charge in [0.1, 0.15) is 5.69 Å². The number of aliphatic hydroxyl groups is 1. The first-order valence-corrected chi connectivity index (χ1v) is 13.6. The molecule has 41 heavy (non-hydrogen) atoms. The molecule has 0 saturated carbocycles. The number of hydrogen-bond acceptors (Lipinski definition) is 8. The van der Waals surface area contributed by atoms with E-state index < -0.39 is 36.4 Å². The monoisotopic (exact) mass is 567 g/mol. The number of quaternary nitrogens is 1. The van der Waals surface area contributed by atoms with E-state index in [2.05, 4.69) is 65.5 Å². The molecule has 2 unspecified atom stereocenters. The van der Waals surface area contributed by atoms with Crippen LogP contribution in [-0.2, 0) is 20.9 Å². The number of likely N-dealkylation sites (tertiary alicyclic amines) is 1. The van der Waals surface area contributed by atoms with Gasteiger partial charge in [-0.1, -0.05) is 72.7 Å². The summed E-state index contributed by atoms with van der Waals surface area (Å²) in [5.74, 6) is -3.88. The van der Waals surface area contributed by atoms with Gasteiger partial charge in [0, 0.05) is 55.9 Å². The average molecular weight is 568 g/mol. The van der Waals surface area contributed by atoms with E-state index in [0.29, 0.717) is 5.92 Å². The van der Waals surface area contributed by atoms with Gasteiger partial charge >= 0.3 is 11.9 Å². The zero-order valence-electron chi connectivity index (χ0n) is 23.1. The standard InChI is InChI=1S/C24H29N3O.C6H8O7/c1-20(17-26-14-8-9-15-26)18-27(19-21-10-4-2-5-11-21)24-16-23(25-28-24)22-12-6-3-7-13-22;7-3(8)1-6(13,5(11)12)2-4(9)10/h2-7,10-13,16,20H,8-9,14-15,17-19H2,1H3;13H,1-2H2,(H,7,8)(H,9,10)(H,11,12). The third-order valence-electron chi connectivity index (χ3n) is 6.85. The Morgan fingerprint density at radius 3 is 2.20 bits per heavy atom. The van der Waals surface area contributed by atoms with Gasteiger partial charge in [0.2, 0.25) is 5.88 Å². The number of carboxylic acids is 3. The summed E-state index contributed by atoms with van der Waals surface area (Å²) in [6.45, 7) is 8.04. The van der Waals surface area contributed by atoms with Crippen molar-refractivity contribution in [1.29, 1.82) is 0 Å². The minimum absolute atomic E-state index is 0.599. The lowest BCUT2D eigenvalue weighted by Crippen LogP contribution is -3.10. The zero-order valence-corrected chi connectivity index (χ0v) is 23.1. The molecule has 220 valence electrons. The van der Waals surface area contributed by atoms with Crippen LogP contribution in [0.3, 0.4) is 0 Å². The summed E-state index contributed by atoms with van der Waals surface area (Å²) < 4.78 is 5.79. The number of carbonyl (C=O) groups is 3. The number of carboxylic acid groups (broad SMARTS) is 3. The Morgan fingerprint density at radius 2 is 1.63 bits per heavy atom. The van der Waals surface area contributed by atoms with Gasteiger partial charge in [0.15, 0.2) is 5.60 Å². The van der Waals surface area contributed by atoms with E-state index in [9.17, 15) is 19.5 Å². The number of hydrogen-bond donors (Lipinski definition) is 4. The molecule has 1 aliphatic heterocycles. The van der Waals surface area contributed by atoms with Gasteiger partial charge in [0.05, 0.1) is 26.1 Å². The Hall–Kier alpha value is -4.22. The van der Waals surface area contributed by atoms with Gasteiger partial charge in [-0.3, -0.25) is 4.79 Å². The molecule has 3 aromatic rings. The first-order valence-electron chi connectivity index (χ1n) is 13.6. The Kier molecular flexibility index (Phi) is 11.4. The van der Waals surface area contributed by atoms with Crippen molar-refractivity contribution in [2.45, 2.75) is 44.8 Å². The summed E-state index contributed by atoms with van der Waals surface area (Å²) in [4.78, 5) is 34.4. The Labute approximate surface area is 238 Å². The largest absolute Gasteiger partial charge is 0.550 e. The smallest absolute Gasteiger partial charge is 0.336 e. The van der Waals surface area contributed by atoms with E-state index in [1.807, 2.05) is 18.2 Å². The number of aromatic nitrogens is 1. The molecule has 0 radical (unpaired) electrons. The van der Waals surface area contributed by atoms with Crippen LogP contribution in [0.4, 0.5) is 5.88 Å². The number of nitrogens with one attached hydrogen (secondary N) is 1. The van der Waals surface area contributed by atoms with Crippen molar-refractivity contribution < 1.29 is 44.2 Å². The van der Waals surface area contributed by atoms with Gasteiger partial charge in [-0.25, -0.2) is 4.79 Å². The molecule has 0 bridgehead atoms. The molecule has 11 heteroatoms. The van der Waals surface area contributed by atoms with Gasteiger partial charge < -0.3 is 39.5 Å². The molecule has 2 atom stereocenters. The first-order chi connectivity index (χ1) is 19.6. The zero-order chi connectivity index (χ0) is 29.8. The maximum Gasteiger partial charge on any atom is 0.336 e. The molecule has 0 spiro atoms. The summed E-state index contributed by atoms with van der Waals surface area (Å²) >= 11 is 0. The second-order valence-electron chi connectivity index (χ2n) is 10.5. The van der Waals surface area contributed by atoms with Crippen LogP contribution in [0.2, 0.25) is 0 Å². The molecule has 1 fully saturated rings. The fourth-order valence-corrected chi connectivity index (χ4v) is 4.91. The van der Waals surface area contributed by atoms with E-state index >= 15 is 0 Å². The number of nitrogens with zero attached hydrogens (tertiary/aromatic N) is 2. The first kappa shape index (κ1) is 31.3. The number of rotatable bonds is 13. The number of aliphatic carboxylic acids is 3. The molecule has 2 aromatic carbocycles. The highest BCUT2D eigenvalue weighted by Crippen LogP contribution is 2.26. The average Bonchev–Trinajstić information content (AvgIpc) is 3.61. The van der Waals surface area contributed by atoms with Gasteiger partial charge in [-0.2, -0.15) is 0 Å². The van der Waals surface area contributed by atoms with Crippen LogP contribution in [0.25, 0.3) is 11.3 Å². The van der Waals surface area contributed by atoms with Crippen molar-refractivity contribution in [3.05, 3.63) is 72.3 Å². The van der Waals surface area contributed by atoms with E-state index in [4.69, 9.17) is 19.8 Å². The Bertz CT molecular complexity index is 1240. The second-order valence-corrected chi connectivity index (χ2v) is 10.5. The van der Waals surface area contributed by atoms with Crippen LogP contribution in [0.5, 0.6) is 0 Å². The fraction of sp³-hybridized carbons (Fsp3) is 0.400. The summed E-state index contributed by atoms with van der Waals surface area (Å²) in [6.07, 6.45) is 0.307. The van der Waals surface area contributed by atoms with E-state index in [0.717, 1.165) is 30.2 Å². The van der Waals surface area contributed by atoms with E-state index in [1.165, 1.54) is 38.0 Å². The molecule has 1 aliphatic rings. The Balaban J connectivity index is 0.000000302. The SMILES string of the molecule is CC(CN(Cc1ccccc1)c1cc(-c2ccccc2)no1)C[NH+]1CCCC1.O=C([O-])CC(O)(CC(=O)O)C(=O)O. The van der Waals surface area contributed by atoms with Crippen LogP contribution in [0.15, 0.2) is 71.3 Å². The molecule has 4 N–H and O–H groups in total. The van der Waals surface area contributed by atoms with Crippen LogP contribution >= 0.6 is 0 Å². The van der Waals surface area contributed by atoms with Gasteiger partial charge in [-0.05, 0) is 5.56 Å². The maximum atomic E-state index is 10.3. The normalized spacial score (nSPS) is 15.3. The molecule has 2 heterocycles. The molecular formula is C30H37N3O8. The highest BCUT2D eigenvalue weighted by molar-refractivity contribution is 5.87. The lowest BCUT2D eigenvalue weighted by molar-refractivity contribution is -0.890. The Morgan fingerprint density at radius 1 is 1.02 bits per heavy atom. The third kappa shape index (κ3) is 10.0. The molecule has 4 rings (SSSR count). The van der Waals surface area contributed by atoms with Crippen molar-refractivity contribution in [2.24, 2.45) is 5.92 Å². The summed E-state index contributed by atoms with van der Waals surface area (Å²) in [7, 11) is 0. The van der Waals surface area contributed by atoms with E-state index in [1.54, 1.807) is 4.90 Å². The van der Waals surface area contributed by atoms with Crippen molar-refractivity contribution >= 4 is 23.8 Å². The number of anilines is 1. The molecular weight excluding hydrogens is 530 g/mol. The van der Waals surface area contributed by atoms with Crippen LogP contribution in [0, 0.1) is 5.92 Å². The maximum absolute atomic E-state index is 10.3. The lowest BCUT2D eigenvalue weighted by atomic mass is 9.96. The number of benzene rings is 2. The predicted octanol–water partition coefficient (Wildman–Crippen LogP) is 1.08.